The molecule has 0 saturated carbocycles. The van der Waals surface area contributed by atoms with Crippen LogP contribution >= 0.6 is 0 Å². The van der Waals surface area contributed by atoms with Crippen molar-refractivity contribution in [3.8, 4) is 0 Å². The molecular weight excluding hydrogens is 212 g/mol. The average molecular weight is 240 g/mol. The van der Waals surface area contributed by atoms with Gasteiger partial charge in [-0.05, 0) is 52.1 Å². The van der Waals surface area contributed by atoms with Crippen molar-refractivity contribution in [1.82, 2.24) is 10.2 Å². The molecule has 0 amide bonds. The Morgan fingerprint density at radius 1 is 1.41 bits per heavy atom. The lowest BCUT2D eigenvalue weighted by atomic mass is 9.98. The van der Waals surface area contributed by atoms with Crippen molar-refractivity contribution in [2.75, 3.05) is 32.8 Å². The number of hydrogen-bond donors (Lipinski definition) is 1. The minimum absolute atomic E-state index is 0.313. The Morgan fingerprint density at radius 3 is 3.00 bits per heavy atom. The third kappa shape index (κ3) is 3.94. The Morgan fingerprint density at radius 2 is 2.29 bits per heavy atom. The van der Waals surface area contributed by atoms with Crippen LogP contribution in [0.5, 0.6) is 0 Å². The predicted octanol–water partition coefficient (Wildman–Crippen LogP) is 2.02. The average Bonchev–Trinajstić information content (AvgIpc) is 2.77. The SMILES string of the molecule is CCC1(C)CN(CCC2CCCO2)CCCN1. The van der Waals surface area contributed by atoms with E-state index >= 15 is 0 Å². The molecule has 0 aliphatic carbocycles. The number of ether oxygens (including phenoxy) is 1. The van der Waals surface area contributed by atoms with Crippen molar-refractivity contribution < 1.29 is 4.74 Å². The highest BCUT2D eigenvalue weighted by Crippen LogP contribution is 2.19. The molecule has 2 atom stereocenters. The molecule has 17 heavy (non-hydrogen) atoms. The van der Waals surface area contributed by atoms with Crippen LogP contribution in [0.2, 0.25) is 0 Å². The second-order valence-electron chi connectivity index (χ2n) is 5.89. The Hall–Kier alpha value is -0.120. The minimum Gasteiger partial charge on any atom is -0.378 e. The standard InChI is InChI=1S/C14H28N2O/c1-3-14(2)12-16(9-5-8-15-14)10-7-13-6-4-11-17-13/h13,15H,3-12H2,1-2H3. The van der Waals surface area contributed by atoms with Crippen molar-refractivity contribution in [1.29, 1.82) is 0 Å². The van der Waals surface area contributed by atoms with Gasteiger partial charge in [0, 0.05) is 25.2 Å². The molecule has 0 aromatic carbocycles. The van der Waals surface area contributed by atoms with Gasteiger partial charge in [-0.2, -0.15) is 0 Å². The molecule has 2 aliphatic rings. The van der Waals surface area contributed by atoms with E-state index in [0.29, 0.717) is 11.6 Å². The van der Waals surface area contributed by atoms with Crippen molar-refractivity contribution >= 4 is 0 Å². The molecule has 0 spiro atoms. The maximum absolute atomic E-state index is 5.71. The van der Waals surface area contributed by atoms with E-state index in [2.05, 4.69) is 24.1 Å². The Balaban J connectivity index is 1.78. The largest absolute Gasteiger partial charge is 0.378 e. The number of rotatable bonds is 4. The van der Waals surface area contributed by atoms with E-state index in [4.69, 9.17) is 4.74 Å². The summed E-state index contributed by atoms with van der Waals surface area (Å²) < 4.78 is 5.71. The molecule has 3 nitrogen and oxygen atoms in total. The van der Waals surface area contributed by atoms with Crippen molar-refractivity contribution in [3.05, 3.63) is 0 Å². The topological polar surface area (TPSA) is 24.5 Å². The van der Waals surface area contributed by atoms with Gasteiger partial charge in [0.1, 0.15) is 0 Å². The van der Waals surface area contributed by atoms with Gasteiger partial charge in [0.2, 0.25) is 0 Å². The van der Waals surface area contributed by atoms with E-state index < -0.39 is 0 Å². The quantitative estimate of drug-likeness (QED) is 0.813. The maximum Gasteiger partial charge on any atom is 0.0588 e. The molecule has 2 saturated heterocycles. The fourth-order valence-electron chi connectivity index (χ4n) is 2.95. The van der Waals surface area contributed by atoms with Crippen molar-refractivity contribution in [2.24, 2.45) is 0 Å². The highest BCUT2D eigenvalue weighted by molar-refractivity contribution is 4.88. The normalized spacial score (nSPS) is 36.0. The van der Waals surface area contributed by atoms with Crippen LogP contribution < -0.4 is 5.32 Å². The van der Waals surface area contributed by atoms with Crippen LogP contribution in [0.3, 0.4) is 0 Å². The lowest BCUT2D eigenvalue weighted by Crippen LogP contribution is -2.48. The van der Waals surface area contributed by atoms with E-state index in [1.54, 1.807) is 0 Å². The number of hydrogen-bond acceptors (Lipinski definition) is 3. The molecule has 0 aromatic heterocycles. The summed E-state index contributed by atoms with van der Waals surface area (Å²) in [5.41, 5.74) is 0.313. The zero-order valence-electron chi connectivity index (χ0n) is 11.5. The summed E-state index contributed by atoms with van der Waals surface area (Å²) in [7, 11) is 0. The number of nitrogens with one attached hydrogen (secondary N) is 1. The molecule has 0 bridgehead atoms. The molecule has 0 aromatic rings. The van der Waals surface area contributed by atoms with Gasteiger partial charge in [0.15, 0.2) is 0 Å². The highest BCUT2D eigenvalue weighted by atomic mass is 16.5. The van der Waals surface area contributed by atoms with Crippen LogP contribution in [0.15, 0.2) is 0 Å². The second kappa shape index (κ2) is 6.17. The van der Waals surface area contributed by atoms with Gasteiger partial charge in [0.25, 0.3) is 0 Å². The van der Waals surface area contributed by atoms with Gasteiger partial charge in [-0.15, -0.1) is 0 Å². The van der Waals surface area contributed by atoms with E-state index in [1.165, 1.54) is 58.3 Å². The van der Waals surface area contributed by atoms with Crippen molar-refractivity contribution in [3.63, 3.8) is 0 Å². The second-order valence-corrected chi connectivity index (χ2v) is 5.89. The summed E-state index contributed by atoms with van der Waals surface area (Å²) in [5.74, 6) is 0. The molecule has 1 N–H and O–H groups in total. The summed E-state index contributed by atoms with van der Waals surface area (Å²) in [6.07, 6.45) is 6.79. The van der Waals surface area contributed by atoms with Crippen LogP contribution in [0, 0.1) is 0 Å². The monoisotopic (exact) mass is 240 g/mol. The fraction of sp³-hybridized carbons (Fsp3) is 1.00. The van der Waals surface area contributed by atoms with Gasteiger partial charge in [-0.1, -0.05) is 6.92 Å². The van der Waals surface area contributed by atoms with E-state index in [-0.39, 0.29) is 0 Å². The highest BCUT2D eigenvalue weighted by Gasteiger charge is 2.27. The van der Waals surface area contributed by atoms with Crippen LogP contribution in [0.25, 0.3) is 0 Å². The first-order valence-corrected chi connectivity index (χ1v) is 7.31. The third-order valence-corrected chi connectivity index (χ3v) is 4.35. The predicted molar refractivity (Wildman–Crippen MR) is 71.3 cm³/mol. The molecular formula is C14H28N2O. The Labute approximate surface area is 106 Å². The minimum atomic E-state index is 0.313. The number of nitrogens with zero attached hydrogens (tertiary/aromatic N) is 1. The van der Waals surface area contributed by atoms with Gasteiger partial charge in [-0.25, -0.2) is 0 Å². The Kier molecular flexibility index (Phi) is 4.83. The van der Waals surface area contributed by atoms with Crippen LogP contribution in [0.4, 0.5) is 0 Å². The summed E-state index contributed by atoms with van der Waals surface area (Å²) in [6, 6.07) is 0. The zero-order valence-corrected chi connectivity index (χ0v) is 11.5. The lowest BCUT2D eigenvalue weighted by Gasteiger charge is -2.33. The van der Waals surface area contributed by atoms with E-state index in [9.17, 15) is 0 Å². The summed E-state index contributed by atoms with van der Waals surface area (Å²) >= 11 is 0. The molecule has 2 rings (SSSR count). The Bertz CT molecular complexity index is 228. The van der Waals surface area contributed by atoms with Gasteiger partial charge in [-0.3, -0.25) is 0 Å². The third-order valence-electron chi connectivity index (χ3n) is 4.35. The molecule has 2 aliphatic heterocycles. The summed E-state index contributed by atoms with van der Waals surface area (Å²) in [4.78, 5) is 2.63. The fourth-order valence-corrected chi connectivity index (χ4v) is 2.95. The summed E-state index contributed by atoms with van der Waals surface area (Å²) in [6.45, 7) is 10.4. The van der Waals surface area contributed by atoms with Crippen LogP contribution in [0.1, 0.15) is 46.0 Å². The van der Waals surface area contributed by atoms with Gasteiger partial charge >= 0.3 is 0 Å². The van der Waals surface area contributed by atoms with E-state index in [0.717, 1.165) is 6.61 Å². The molecule has 2 fully saturated rings. The van der Waals surface area contributed by atoms with Gasteiger partial charge in [0.05, 0.1) is 6.10 Å². The molecule has 2 unspecified atom stereocenters. The molecule has 0 radical (unpaired) electrons. The van der Waals surface area contributed by atoms with E-state index in [1.807, 2.05) is 0 Å². The van der Waals surface area contributed by atoms with Crippen LogP contribution in [-0.2, 0) is 4.74 Å². The first-order chi connectivity index (χ1) is 8.22. The first-order valence-electron chi connectivity index (χ1n) is 7.31. The van der Waals surface area contributed by atoms with Crippen molar-refractivity contribution in [2.45, 2.75) is 57.6 Å². The zero-order chi connectivity index (χ0) is 12.1. The summed E-state index contributed by atoms with van der Waals surface area (Å²) in [5, 5.41) is 3.69. The first kappa shape index (κ1) is 13.3. The lowest BCUT2D eigenvalue weighted by molar-refractivity contribution is 0.0890. The van der Waals surface area contributed by atoms with Gasteiger partial charge < -0.3 is 15.0 Å². The molecule has 2 heterocycles. The molecule has 100 valence electrons. The van der Waals surface area contributed by atoms with Crippen LogP contribution in [-0.4, -0.2) is 49.3 Å². The maximum atomic E-state index is 5.71. The smallest absolute Gasteiger partial charge is 0.0588 e. The molecule has 3 heteroatoms.